The van der Waals surface area contributed by atoms with Crippen LogP contribution in [-0.2, 0) is 10.0 Å². The Morgan fingerprint density at radius 1 is 1.37 bits per heavy atom. The van der Waals surface area contributed by atoms with Crippen molar-refractivity contribution in [3.05, 3.63) is 22.9 Å². The van der Waals surface area contributed by atoms with Crippen molar-refractivity contribution in [2.24, 2.45) is 0 Å². The molecule has 1 N–H and O–H groups in total. The van der Waals surface area contributed by atoms with Crippen LogP contribution in [0.1, 0.15) is 12.8 Å². The first-order valence-corrected chi connectivity index (χ1v) is 8.04. The number of hydrogen-bond acceptors (Lipinski definition) is 4. The lowest BCUT2D eigenvalue weighted by molar-refractivity contribution is 0.296. The SMILES string of the molecule is CN(C1CCNCC1)S(=O)(=O)c1cncc(Br)c1.Cl. The van der Waals surface area contributed by atoms with Gasteiger partial charge in [0.05, 0.1) is 0 Å². The minimum atomic E-state index is -3.45. The maximum absolute atomic E-state index is 12.4. The average Bonchev–Trinajstić information content (AvgIpc) is 2.39. The monoisotopic (exact) mass is 369 g/mol. The van der Waals surface area contributed by atoms with Gasteiger partial charge in [-0.1, -0.05) is 0 Å². The van der Waals surface area contributed by atoms with Gasteiger partial charge in [-0.3, -0.25) is 4.98 Å². The Labute approximate surface area is 128 Å². The maximum atomic E-state index is 12.4. The van der Waals surface area contributed by atoms with Crippen LogP contribution < -0.4 is 5.32 Å². The molecule has 0 radical (unpaired) electrons. The molecule has 8 heteroatoms. The predicted octanol–water partition coefficient (Wildman–Crippen LogP) is 1.64. The normalized spacial score (nSPS) is 17.2. The number of nitrogens with zero attached hydrogens (tertiary/aromatic N) is 2. The van der Waals surface area contributed by atoms with E-state index in [1.165, 1.54) is 10.5 Å². The zero-order valence-corrected chi connectivity index (χ0v) is 13.8. The van der Waals surface area contributed by atoms with Gasteiger partial charge >= 0.3 is 0 Å². The number of hydrogen-bond donors (Lipinski definition) is 1. The lowest BCUT2D eigenvalue weighted by atomic mass is 10.1. The summed E-state index contributed by atoms with van der Waals surface area (Å²) in [4.78, 5) is 4.15. The van der Waals surface area contributed by atoms with Gasteiger partial charge in [0.2, 0.25) is 10.0 Å². The number of rotatable bonds is 3. The van der Waals surface area contributed by atoms with Crippen LogP contribution >= 0.6 is 28.3 Å². The standard InChI is InChI=1S/C11H16BrN3O2S.ClH/c1-15(10-2-4-13-5-3-10)18(16,17)11-6-9(12)7-14-8-11;/h6-8,10,13H,2-5H2,1H3;1H. The second-order valence-corrected chi connectivity index (χ2v) is 7.25. The topological polar surface area (TPSA) is 62.3 Å². The van der Waals surface area contributed by atoms with Gasteiger partial charge in [-0.15, -0.1) is 12.4 Å². The molecule has 1 saturated heterocycles. The summed E-state index contributed by atoms with van der Waals surface area (Å²) in [7, 11) is -1.80. The van der Waals surface area contributed by atoms with Gasteiger partial charge in [0, 0.05) is 30.0 Å². The Balaban J connectivity index is 0.00000180. The largest absolute Gasteiger partial charge is 0.317 e. The van der Waals surface area contributed by atoms with Crippen molar-refractivity contribution in [2.75, 3.05) is 20.1 Å². The van der Waals surface area contributed by atoms with Crippen LogP contribution in [0.15, 0.2) is 27.8 Å². The summed E-state index contributed by atoms with van der Waals surface area (Å²) < 4.78 is 27.0. The van der Waals surface area contributed by atoms with Crippen LogP contribution in [0.5, 0.6) is 0 Å². The summed E-state index contributed by atoms with van der Waals surface area (Å²) in [6.07, 6.45) is 4.65. The Kier molecular flexibility index (Phi) is 6.19. The molecule has 0 atom stereocenters. The third kappa shape index (κ3) is 3.88. The summed E-state index contributed by atoms with van der Waals surface area (Å²) in [5.41, 5.74) is 0. The van der Waals surface area contributed by atoms with Crippen LogP contribution in [0.25, 0.3) is 0 Å². The number of sulfonamides is 1. The van der Waals surface area contributed by atoms with Crippen molar-refractivity contribution in [1.82, 2.24) is 14.6 Å². The van der Waals surface area contributed by atoms with Crippen molar-refractivity contribution in [2.45, 2.75) is 23.8 Å². The van der Waals surface area contributed by atoms with Gasteiger partial charge in [0.25, 0.3) is 0 Å². The second kappa shape index (κ2) is 6.99. The first-order chi connectivity index (χ1) is 8.51. The minimum absolute atomic E-state index is 0. The van der Waals surface area contributed by atoms with E-state index in [0.717, 1.165) is 25.9 Å². The van der Waals surface area contributed by atoms with E-state index in [9.17, 15) is 8.42 Å². The summed E-state index contributed by atoms with van der Waals surface area (Å²) in [5.74, 6) is 0. The number of nitrogens with one attached hydrogen (secondary N) is 1. The van der Waals surface area contributed by atoms with Crippen molar-refractivity contribution < 1.29 is 8.42 Å². The fraction of sp³-hybridized carbons (Fsp3) is 0.545. The van der Waals surface area contributed by atoms with Crippen molar-refractivity contribution in [3.63, 3.8) is 0 Å². The first-order valence-electron chi connectivity index (χ1n) is 5.81. The quantitative estimate of drug-likeness (QED) is 0.878. The lowest BCUT2D eigenvalue weighted by Crippen LogP contribution is -2.43. The molecule has 0 bridgehead atoms. The minimum Gasteiger partial charge on any atom is -0.317 e. The fourth-order valence-electron chi connectivity index (χ4n) is 2.07. The van der Waals surface area contributed by atoms with E-state index in [2.05, 4.69) is 26.2 Å². The number of halogens is 2. The first kappa shape index (κ1) is 16.8. The highest BCUT2D eigenvalue weighted by Crippen LogP contribution is 2.22. The van der Waals surface area contributed by atoms with E-state index < -0.39 is 10.0 Å². The van der Waals surface area contributed by atoms with Gasteiger partial charge in [0.15, 0.2) is 0 Å². The third-order valence-electron chi connectivity index (χ3n) is 3.18. The van der Waals surface area contributed by atoms with Crippen LogP contribution in [0.4, 0.5) is 0 Å². The molecular weight excluding hydrogens is 354 g/mol. The molecule has 5 nitrogen and oxygen atoms in total. The molecule has 1 aromatic heterocycles. The molecule has 2 rings (SSSR count). The van der Waals surface area contributed by atoms with Gasteiger partial charge in [-0.25, -0.2) is 8.42 Å². The Bertz CT molecular complexity index is 520. The zero-order chi connectivity index (χ0) is 13.2. The van der Waals surface area contributed by atoms with E-state index in [1.54, 1.807) is 19.3 Å². The molecular formula is C11H17BrClN3O2S. The molecule has 108 valence electrons. The van der Waals surface area contributed by atoms with E-state index in [0.29, 0.717) is 4.47 Å². The molecule has 0 unspecified atom stereocenters. The van der Waals surface area contributed by atoms with Crippen LogP contribution in [-0.4, -0.2) is 43.9 Å². The molecule has 1 aliphatic rings. The molecule has 0 aromatic carbocycles. The van der Waals surface area contributed by atoms with Gasteiger partial charge in [-0.05, 0) is 47.9 Å². The highest BCUT2D eigenvalue weighted by atomic mass is 79.9. The summed E-state index contributed by atoms with van der Waals surface area (Å²) in [6, 6.07) is 1.65. The molecule has 2 heterocycles. The summed E-state index contributed by atoms with van der Waals surface area (Å²) in [5, 5.41) is 3.23. The molecule has 1 aliphatic heterocycles. The van der Waals surface area contributed by atoms with Crippen molar-refractivity contribution >= 4 is 38.4 Å². The number of piperidine rings is 1. The maximum Gasteiger partial charge on any atom is 0.244 e. The van der Waals surface area contributed by atoms with E-state index >= 15 is 0 Å². The average molecular weight is 371 g/mol. The van der Waals surface area contributed by atoms with Crippen LogP contribution in [0.3, 0.4) is 0 Å². The molecule has 0 aliphatic carbocycles. The van der Waals surface area contributed by atoms with Crippen LogP contribution in [0, 0.1) is 0 Å². The molecule has 1 aromatic rings. The highest BCUT2D eigenvalue weighted by molar-refractivity contribution is 9.10. The van der Waals surface area contributed by atoms with E-state index in [-0.39, 0.29) is 23.3 Å². The third-order valence-corrected chi connectivity index (χ3v) is 5.49. The molecule has 0 spiro atoms. The van der Waals surface area contributed by atoms with Gasteiger partial charge < -0.3 is 5.32 Å². The highest BCUT2D eigenvalue weighted by Gasteiger charge is 2.29. The summed E-state index contributed by atoms with van der Waals surface area (Å²) >= 11 is 3.24. The molecule has 19 heavy (non-hydrogen) atoms. The van der Waals surface area contributed by atoms with Crippen LogP contribution in [0.2, 0.25) is 0 Å². The lowest BCUT2D eigenvalue weighted by Gasteiger charge is -2.30. The number of aromatic nitrogens is 1. The van der Waals surface area contributed by atoms with Crippen molar-refractivity contribution in [1.29, 1.82) is 0 Å². The zero-order valence-electron chi connectivity index (χ0n) is 10.5. The smallest absolute Gasteiger partial charge is 0.244 e. The molecule has 1 fully saturated rings. The number of pyridine rings is 1. The summed E-state index contributed by atoms with van der Waals surface area (Å²) in [6.45, 7) is 1.72. The Morgan fingerprint density at radius 2 is 2.00 bits per heavy atom. The van der Waals surface area contributed by atoms with Crippen molar-refractivity contribution in [3.8, 4) is 0 Å². The molecule has 0 amide bonds. The van der Waals surface area contributed by atoms with E-state index in [1.807, 2.05) is 0 Å². The second-order valence-electron chi connectivity index (χ2n) is 4.34. The Morgan fingerprint density at radius 3 is 2.58 bits per heavy atom. The van der Waals surface area contributed by atoms with Gasteiger partial charge in [0.1, 0.15) is 4.90 Å². The predicted molar refractivity (Wildman–Crippen MR) is 80.0 cm³/mol. The Hall–Kier alpha value is -0.210. The van der Waals surface area contributed by atoms with E-state index in [4.69, 9.17) is 0 Å². The fourth-order valence-corrected chi connectivity index (χ4v) is 3.99. The van der Waals surface area contributed by atoms with Gasteiger partial charge in [-0.2, -0.15) is 4.31 Å². The molecule has 0 saturated carbocycles.